The van der Waals surface area contributed by atoms with Crippen LogP contribution >= 0.6 is 11.6 Å². The SMILES string of the molecule is COc1ccc(C(=O)NCC(=O)OC(C)C(=O)Nc2cc([N+](=O)[O-])ccc2Cl)cc1. The van der Waals surface area contributed by atoms with Crippen molar-refractivity contribution in [1.82, 2.24) is 5.32 Å². The van der Waals surface area contributed by atoms with Crippen molar-refractivity contribution in [2.24, 2.45) is 0 Å². The van der Waals surface area contributed by atoms with Crippen molar-refractivity contribution in [2.45, 2.75) is 13.0 Å². The van der Waals surface area contributed by atoms with Gasteiger partial charge in [0.25, 0.3) is 17.5 Å². The van der Waals surface area contributed by atoms with E-state index in [0.717, 1.165) is 6.07 Å². The molecule has 158 valence electrons. The van der Waals surface area contributed by atoms with E-state index >= 15 is 0 Å². The lowest BCUT2D eigenvalue weighted by Crippen LogP contribution is -2.35. The van der Waals surface area contributed by atoms with Gasteiger partial charge in [-0.2, -0.15) is 0 Å². The summed E-state index contributed by atoms with van der Waals surface area (Å²) in [6.45, 7) is 0.851. The summed E-state index contributed by atoms with van der Waals surface area (Å²) in [5, 5.41) is 15.7. The van der Waals surface area contributed by atoms with Crippen molar-refractivity contribution >= 4 is 40.8 Å². The van der Waals surface area contributed by atoms with Gasteiger partial charge in [-0.15, -0.1) is 0 Å². The number of halogens is 1. The van der Waals surface area contributed by atoms with Gasteiger partial charge in [-0.1, -0.05) is 11.6 Å². The minimum atomic E-state index is -1.23. The molecule has 2 N–H and O–H groups in total. The topological polar surface area (TPSA) is 137 Å². The van der Waals surface area contributed by atoms with Crippen LogP contribution in [-0.4, -0.2) is 42.5 Å². The first kappa shape index (κ1) is 22.6. The molecule has 0 aromatic heterocycles. The summed E-state index contributed by atoms with van der Waals surface area (Å²) in [5.41, 5.74) is 0.0573. The number of carbonyl (C=O) groups is 3. The molecule has 1 atom stereocenters. The second-order valence-corrected chi connectivity index (χ2v) is 6.36. The molecule has 0 heterocycles. The normalized spacial score (nSPS) is 11.2. The van der Waals surface area contributed by atoms with Gasteiger partial charge in [0, 0.05) is 17.7 Å². The minimum absolute atomic E-state index is 0.00609. The van der Waals surface area contributed by atoms with Crippen LogP contribution in [0.25, 0.3) is 0 Å². The molecular formula is C19H18ClN3O7. The molecule has 0 radical (unpaired) electrons. The van der Waals surface area contributed by atoms with E-state index in [1.165, 1.54) is 38.3 Å². The third-order valence-corrected chi connectivity index (χ3v) is 4.17. The highest BCUT2D eigenvalue weighted by Gasteiger charge is 2.20. The molecule has 2 amide bonds. The number of nitrogens with one attached hydrogen (secondary N) is 2. The van der Waals surface area contributed by atoms with Crippen molar-refractivity contribution in [3.8, 4) is 5.75 Å². The molecule has 10 nitrogen and oxygen atoms in total. The second kappa shape index (κ2) is 10.2. The number of amides is 2. The fraction of sp³-hybridized carbons (Fsp3) is 0.211. The number of nitro benzene ring substituents is 1. The van der Waals surface area contributed by atoms with Gasteiger partial charge >= 0.3 is 5.97 Å². The van der Waals surface area contributed by atoms with Crippen molar-refractivity contribution in [3.63, 3.8) is 0 Å². The Kier molecular flexibility index (Phi) is 7.70. The minimum Gasteiger partial charge on any atom is -0.497 e. The number of rotatable bonds is 8. The molecule has 0 aliphatic rings. The third-order valence-electron chi connectivity index (χ3n) is 3.84. The van der Waals surface area contributed by atoms with E-state index < -0.39 is 35.4 Å². The van der Waals surface area contributed by atoms with Crippen LogP contribution in [0.1, 0.15) is 17.3 Å². The Morgan fingerprint density at radius 2 is 1.83 bits per heavy atom. The maximum atomic E-state index is 12.2. The predicted molar refractivity (Wildman–Crippen MR) is 108 cm³/mol. The highest BCUT2D eigenvalue weighted by Crippen LogP contribution is 2.26. The van der Waals surface area contributed by atoms with Crippen LogP contribution in [0.2, 0.25) is 5.02 Å². The molecule has 0 saturated heterocycles. The van der Waals surface area contributed by atoms with Crippen LogP contribution in [0, 0.1) is 10.1 Å². The van der Waals surface area contributed by atoms with E-state index in [2.05, 4.69) is 10.6 Å². The summed E-state index contributed by atoms with van der Waals surface area (Å²) >= 11 is 5.92. The Bertz CT molecular complexity index is 963. The van der Waals surface area contributed by atoms with E-state index in [1.54, 1.807) is 12.1 Å². The average Bonchev–Trinajstić information content (AvgIpc) is 2.73. The maximum Gasteiger partial charge on any atom is 0.326 e. The molecule has 0 spiro atoms. The van der Waals surface area contributed by atoms with Crippen molar-refractivity contribution in [3.05, 3.63) is 63.2 Å². The van der Waals surface area contributed by atoms with Crippen LogP contribution in [0.5, 0.6) is 5.75 Å². The maximum absolute atomic E-state index is 12.2. The molecule has 0 aliphatic heterocycles. The largest absolute Gasteiger partial charge is 0.497 e. The van der Waals surface area contributed by atoms with E-state index in [1.807, 2.05) is 0 Å². The number of anilines is 1. The molecule has 2 aromatic rings. The number of hydrogen-bond donors (Lipinski definition) is 2. The molecule has 11 heteroatoms. The first-order valence-corrected chi connectivity index (χ1v) is 8.95. The van der Waals surface area contributed by atoms with Gasteiger partial charge in [0.1, 0.15) is 12.3 Å². The number of methoxy groups -OCH3 is 1. The number of esters is 1. The van der Waals surface area contributed by atoms with Gasteiger partial charge in [0.2, 0.25) is 0 Å². The number of nitro groups is 1. The summed E-state index contributed by atoms with van der Waals surface area (Å²) < 4.78 is 9.96. The van der Waals surface area contributed by atoms with E-state index in [0.29, 0.717) is 11.3 Å². The Labute approximate surface area is 176 Å². The summed E-state index contributed by atoms with van der Waals surface area (Å²) in [6.07, 6.45) is -1.23. The molecule has 1 unspecified atom stereocenters. The number of carbonyl (C=O) groups excluding carboxylic acids is 3. The lowest BCUT2D eigenvalue weighted by Gasteiger charge is -2.14. The predicted octanol–water partition coefficient (Wildman–Crippen LogP) is 2.56. The van der Waals surface area contributed by atoms with Gasteiger partial charge in [0.05, 0.1) is 22.7 Å². The van der Waals surface area contributed by atoms with Gasteiger partial charge < -0.3 is 20.1 Å². The van der Waals surface area contributed by atoms with Crippen molar-refractivity contribution in [1.29, 1.82) is 0 Å². The molecule has 30 heavy (non-hydrogen) atoms. The summed E-state index contributed by atoms with van der Waals surface area (Å²) in [5.74, 6) is -1.51. The monoisotopic (exact) mass is 435 g/mol. The van der Waals surface area contributed by atoms with E-state index in [9.17, 15) is 24.5 Å². The number of nitrogens with zero attached hydrogens (tertiary/aromatic N) is 1. The van der Waals surface area contributed by atoms with Gasteiger partial charge in [-0.05, 0) is 37.3 Å². The van der Waals surface area contributed by atoms with Crippen molar-refractivity contribution in [2.75, 3.05) is 19.0 Å². The first-order valence-electron chi connectivity index (χ1n) is 8.57. The zero-order valence-electron chi connectivity index (χ0n) is 16.0. The summed E-state index contributed by atoms with van der Waals surface area (Å²) in [4.78, 5) is 46.3. The highest BCUT2D eigenvalue weighted by atomic mass is 35.5. The zero-order valence-corrected chi connectivity index (χ0v) is 16.8. The quantitative estimate of drug-likeness (QED) is 0.369. The van der Waals surface area contributed by atoms with Crippen LogP contribution in [0.15, 0.2) is 42.5 Å². The smallest absolute Gasteiger partial charge is 0.326 e. The third kappa shape index (κ3) is 6.17. The lowest BCUT2D eigenvalue weighted by molar-refractivity contribution is -0.384. The van der Waals surface area contributed by atoms with Gasteiger partial charge in [-0.25, -0.2) is 0 Å². The number of ether oxygens (including phenoxy) is 2. The molecule has 2 aromatic carbocycles. The molecular weight excluding hydrogens is 418 g/mol. The Balaban J connectivity index is 1.87. The van der Waals surface area contributed by atoms with Crippen molar-refractivity contribution < 1.29 is 28.8 Å². The highest BCUT2D eigenvalue weighted by molar-refractivity contribution is 6.33. The van der Waals surface area contributed by atoms with Crippen LogP contribution < -0.4 is 15.4 Å². The fourth-order valence-corrected chi connectivity index (χ4v) is 2.41. The fourth-order valence-electron chi connectivity index (χ4n) is 2.25. The average molecular weight is 436 g/mol. The lowest BCUT2D eigenvalue weighted by atomic mass is 10.2. The number of benzene rings is 2. The summed E-state index contributed by atoms with van der Waals surface area (Å²) in [6, 6.07) is 9.78. The van der Waals surface area contributed by atoms with Crippen LogP contribution in [-0.2, 0) is 14.3 Å². The standard InChI is InChI=1S/C19H18ClN3O7/c1-11(18(25)22-16-9-13(23(27)28)5-8-15(16)20)30-17(24)10-21-19(26)12-3-6-14(29-2)7-4-12/h3-9,11H,10H2,1-2H3,(H,21,26)(H,22,25). The number of non-ortho nitro benzene ring substituents is 1. The number of hydrogen-bond acceptors (Lipinski definition) is 7. The zero-order chi connectivity index (χ0) is 22.3. The Morgan fingerprint density at radius 3 is 2.43 bits per heavy atom. The second-order valence-electron chi connectivity index (χ2n) is 5.95. The molecule has 2 rings (SSSR count). The van der Waals surface area contributed by atoms with Crippen LogP contribution in [0.3, 0.4) is 0 Å². The van der Waals surface area contributed by atoms with Crippen LogP contribution in [0.4, 0.5) is 11.4 Å². The van der Waals surface area contributed by atoms with E-state index in [-0.39, 0.29) is 16.4 Å². The van der Waals surface area contributed by atoms with E-state index in [4.69, 9.17) is 21.1 Å². The Hall–Kier alpha value is -3.66. The molecule has 0 aliphatic carbocycles. The Morgan fingerprint density at radius 1 is 1.17 bits per heavy atom. The van der Waals surface area contributed by atoms with Gasteiger partial charge in [-0.3, -0.25) is 24.5 Å². The molecule has 0 fully saturated rings. The first-order chi connectivity index (χ1) is 14.2. The summed E-state index contributed by atoms with van der Waals surface area (Å²) in [7, 11) is 1.50. The van der Waals surface area contributed by atoms with Gasteiger partial charge in [0.15, 0.2) is 6.10 Å². The molecule has 0 bridgehead atoms. The molecule has 0 saturated carbocycles.